The highest BCUT2D eigenvalue weighted by molar-refractivity contribution is 5.99. The van der Waals surface area contributed by atoms with E-state index in [1.165, 1.54) is 6.92 Å². The number of nitrogen functional groups attached to an aromatic ring is 1. The molecule has 0 radical (unpaired) electrons. The maximum absolute atomic E-state index is 11.6. The van der Waals surface area contributed by atoms with Crippen molar-refractivity contribution in [2.45, 2.75) is 65.7 Å². The number of phenolic OH excluding ortho intramolecular Hbond substituents is 2. The maximum Gasteiger partial charge on any atom is 0.225 e. The number of amides is 3. The van der Waals surface area contributed by atoms with E-state index in [4.69, 9.17) is 5.73 Å². The fourth-order valence-electron chi connectivity index (χ4n) is 4.44. The Morgan fingerprint density at radius 2 is 1.32 bits per heavy atom. The molecule has 34 heavy (non-hydrogen) atoms. The van der Waals surface area contributed by atoms with Crippen LogP contribution in [-0.2, 0) is 25.2 Å². The molecule has 0 saturated heterocycles. The van der Waals surface area contributed by atoms with Gasteiger partial charge in [0.2, 0.25) is 17.7 Å². The van der Waals surface area contributed by atoms with Gasteiger partial charge in [-0.1, -0.05) is 35.1 Å². The number of anilines is 4. The average Bonchev–Trinajstić information content (AvgIpc) is 2.65. The lowest BCUT2D eigenvalue weighted by Crippen LogP contribution is -2.32. The Balaban J connectivity index is 0.000000237. The SMILES string of the molecule is C.CC(=O)Nc1ccc2c(c1O)C(C)(C)CC(=O)N2.CC1(C)CC(=O)Nc2ccc(N)c(O)c21. The number of rotatable bonds is 1. The molecule has 3 amide bonds. The Bertz CT molecular complexity index is 1150. The molecule has 2 heterocycles. The third-order valence-electron chi connectivity index (χ3n) is 5.80. The highest BCUT2D eigenvalue weighted by Gasteiger charge is 2.36. The van der Waals surface area contributed by atoms with E-state index >= 15 is 0 Å². The molecular weight excluding hydrogens is 436 g/mol. The number of hydrogen-bond donors (Lipinski definition) is 6. The lowest BCUT2D eigenvalue weighted by atomic mass is 9.77. The average molecular weight is 471 g/mol. The Kier molecular flexibility index (Phi) is 7.21. The second-order valence-electron chi connectivity index (χ2n) is 9.71. The predicted molar refractivity (Wildman–Crippen MR) is 134 cm³/mol. The Morgan fingerprint density at radius 1 is 0.882 bits per heavy atom. The van der Waals surface area contributed by atoms with Gasteiger partial charge >= 0.3 is 0 Å². The molecule has 2 aromatic rings. The fraction of sp³-hybridized carbons (Fsp3) is 0.400. The first-order chi connectivity index (χ1) is 15.2. The summed E-state index contributed by atoms with van der Waals surface area (Å²) < 4.78 is 0. The molecule has 0 aliphatic carbocycles. The standard InChI is InChI=1S/C13H16N2O3.C11H14N2O2.CH4/c1-7(16)14-9-5-4-8-11(12(9)18)13(2,3)6-10(17)15-8;1-11(2)5-8(14)13-7-4-3-6(12)10(15)9(7)11;/h4-5,18H,6H2,1-3H3,(H,14,16)(H,15,17);3-4,15H,5,12H2,1-2H3,(H,13,14);1H4. The van der Waals surface area contributed by atoms with Crippen molar-refractivity contribution in [3.8, 4) is 11.5 Å². The normalized spacial score (nSPS) is 16.9. The summed E-state index contributed by atoms with van der Waals surface area (Å²) in [4.78, 5) is 34.0. The molecule has 7 N–H and O–H groups in total. The Morgan fingerprint density at radius 3 is 1.79 bits per heavy atom. The summed E-state index contributed by atoms with van der Waals surface area (Å²) in [5, 5.41) is 28.2. The first-order valence-corrected chi connectivity index (χ1v) is 10.6. The predicted octanol–water partition coefficient (Wildman–Crippen LogP) is 4.20. The zero-order chi connectivity index (χ0) is 24.7. The van der Waals surface area contributed by atoms with E-state index in [0.29, 0.717) is 41.2 Å². The lowest BCUT2D eigenvalue weighted by molar-refractivity contribution is -0.118. The Labute approximate surface area is 199 Å². The van der Waals surface area contributed by atoms with Crippen LogP contribution < -0.4 is 21.7 Å². The van der Waals surface area contributed by atoms with Gasteiger partial charge in [-0.25, -0.2) is 0 Å². The topological polar surface area (TPSA) is 154 Å². The van der Waals surface area contributed by atoms with Crippen LogP contribution in [0.4, 0.5) is 22.7 Å². The molecule has 2 aliphatic rings. The summed E-state index contributed by atoms with van der Waals surface area (Å²) in [5.41, 5.74) is 8.15. The monoisotopic (exact) mass is 470 g/mol. The fourth-order valence-corrected chi connectivity index (χ4v) is 4.44. The van der Waals surface area contributed by atoms with Gasteiger partial charge in [-0.2, -0.15) is 0 Å². The van der Waals surface area contributed by atoms with E-state index in [1.807, 2.05) is 27.7 Å². The summed E-state index contributed by atoms with van der Waals surface area (Å²) in [6.07, 6.45) is 0.661. The molecule has 9 nitrogen and oxygen atoms in total. The summed E-state index contributed by atoms with van der Waals surface area (Å²) in [5.74, 6) is -0.246. The van der Waals surface area contributed by atoms with Crippen LogP contribution in [0.5, 0.6) is 11.5 Å². The number of fused-ring (bicyclic) bond motifs is 2. The van der Waals surface area contributed by atoms with Crippen molar-refractivity contribution < 1.29 is 24.6 Å². The van der Waals surface area contributed by atoms with E-state index in [9.17, 15) is 24.6 Å². The van der Waals surface area contributed by atoms with Crippen molar-refractivity contribution in [1.82, 2.24) is 0 Å². The van der Waals surface area contributed by atoms with Gasteiger partial charge in [0.15, 0.2) is 0 Å². The van der Waals surface area contributed by atoms with Crippen LogP contribution in [0.2, 0.25) is 0 Å². The van der Waals surface area contributed by atoms with E-state index in [-0.39, 0.29) is 42.1 Å². The largest absolute Gasteiger partial charge is 0.505 e. The van der Waals surface area contributed by atoms with Gasteiger partial charge in [0, 0.05) is 53.1 Å². The molecule has 184 valence electrons. The minimum absolute atomic E-state index is 0. The van der Waals surface area contributed by atoms with Gasteiger partial charge in [0.25, 0.3) is 0 Å². The number of phenols is 2. The van der Waals surface area contributed by atoms with Crippen LogP contribution in [0.1, 0.15) is 66.0 Å². The number of carbonyl (C=O) groups excluding carboxylic acids is 3. The van der Waals surface area contributed by atoms with Gasteiger partial charge in [0.1, 0.15) is 11.5 Å². The molecule has 0 fully saturated rings. The van der Waals surface area contributed by atoms with Crippen LogP contribution in [-0.4, -0.2) is 27.9 Å². The summed E-state index contributed by atoms with van der Waals surface area (Å²) in [6.45, 7) is 9.00. The molecule has 9 heteroatoms. The molecule has 0 unspecified atom stereocenters. The molecule has 2 aliphatic heterocycles. The van der Waals surface area contributed by atoms with Gasteiger partial charge in [0.05, 0.1) is 11.4 Å². The number of benzene rings is 2. The number of hydrogen-bond acceptors (Lipinski definition) is 6. The van der Waals surface area contributed by atoms with Crippen LogP contribution >= 0.6 is 0 Å². The first kappa shape index (κ1) is 26.5. The molecule has 0 saturated carbocycles. The second-order valence-corrected chi connectivity index (χ2v) is 9.71. The lowest BCUT2D eigenvalue weighted by Gasteiger charge is -2.33. The number of aromatic hydroxyl groups is 2. The van der Waals surface area contributed by atoms with Crippen molar-refractivity contribution in [1.29, 1.82) is 0 Å². The van der Waals surface area contributed by atoms with E-state index < -0.39 is 5.41 Å². The minimum Gasteiger partial charge on any atom is -0.505 e. The van der Waals surface area contributed by atoms with Gasteiger partial charge in [-0.15, -0.1) is 0 Å². The quantitative estimate of drug-likeness (QED) is 0.271. The minimum atomic E-state index is -0.462. The van der Waals surface area contributed by atoms with Crippen molar-refractivity contribution >= 4 is 40.5 Å². The molecular formula is C25H34N4O5. The van der Waals surface area contributed by atoms with E-state index in [1.54, 1.807) is 24.3 Å². The third-order valence-corrected chi connectivity index (χ3v) is 5.80. The first-order valence-electron chi connectivity index (χ1n) is 10.6. The maximum atomic E-state index is 11.6. The zero-order valence-corrected chi connectivity index (χ0v) is 19.4. The highest BCUT2D eigenvalue weighted by atomic mass is 16.3. The zero-order valence-electron chi connectivity index (χ0n) is 19.4. The third kappa shape index (κ3) is 5.08. The van der Waals surface area contributed by atoms with Crippen LogP contribution in [0, 0.1) is 0 Å². The van der Waals surface area contributed by atoms with Gasteiger partial charge in [-0.05, 0) is 24.3 Å². The van der Waals surface area contributed by atoms with E-state index in [2.05, 4.69) is 16.0 Å². The molecule has 4 rings (SSSR count). The number of carbonyl (C=O) groups is 3. The van der Waals surface area contributed by atoms with Crippen LogP contribution in [0.25, 0.3) is 0 Å². The molecule has 0 aromatic heterocycles. The van der Waals surface area contributed by atoms with E-state index in [0.717, 1.165) is 5.56 Å². The van der Waals surface area contributed by atoms with Crippen molar-refractivity contribution in [2.24, 2.45) is 0 Å². The van der Waals surface area contributed by atoms with Crippen molar-refractivity contribution in [3.05, 3.63) is 35.4 Å². The summed E-state index contributed by atoms with van der Waals surface area (Å²) in [7, 11) is 0. The Hall–Kier alpha value is -3.75. The number of nitrogens with two attached hydrogens (primary N) is 1. The molecule has 2 aromatic carbocycles. The van der Waals surface area contributed by atoms with Crippen LogP contribution in [0.3, 0.4) is 0 Å². The van der Waals surface area contributed by atoms with Crippen molar-refractivity contribution in [3.63, 3.8) is 0 Å². The molecule has 0 atom stereocenters. The van der Waals surface area contributed by atoms with Gasteiger partial charge in [-0.3, -0.25) is 14.4 Å². The van der Waals surface area contributed by atoms with Crippen LogP contribution in [0.15, 0.2) is 24.3 Å². The molecule has 0 spiro atoms. The summed E-state index contributed by atoms with van der Waals surface area (Å²) in [6, 6.07) is 6.59. The highest BCUT2D eigenvalue weighted by Crippen LogP contribution is 2.46. The second kappa shape index (κ2) is 9.24. The van der Waals surface area contributed by atoms with Crippen molar-refractivity contribution in [2.75, 3.05) is 21.7 Å². The smallest absolute Gasteiger partial charge is 0.225 e. The summed E-state index contributed by atoms with van der Waals surface area (Å²) >= 11 is 0. The molecule has 0 bridgehead atoms. The number of nitrogens with one attached hydrogen (secondary N) is 3. The van der Waals surface area contributed by atoms with Gasteiger partial charge < -0.3 is 31.9 Å².